The highest BCUT2D eigenvalue weighted by atomic mass is 32.2. The fourth-order valence-electron chi connectivity index (χ4n) is 3.14. The molecule has 0 unspecified atom stereocenters. The number of hydrogen-bond donors (Lipinski definition) is 1. The number of amides is 1. The molecule has 0 radical (unpaired) electrons. The van der Waals surface area contributed by atoms with E-state index in [1.54, 1.807) is 18.2 Å². The Morgan fingerprint density at radius 3 is 2.70 bits per heavy atom. The van der Waals surface area contributed by atoms with Gasteiger partial charge in [-0.05, 0) is 45.9 Å². The fourth-order valence-corrected chi connectivity index (χ4v) is 5.36. The van der Waals surface area contributed by atoms with Crippen LogP contribution in [0, 0.1) is 0 Å². The lowest BCUT2D eigenvalue weighted by Crippen LogP contribution is -2.46. The molecule has 1 aliphatic heterocycles. The standard InChI is InChI=1S/C17H25N5O3S2/c1-17(2,3)18-15(23)12-21-8-5-9-22(11-10-21)27(24,25)14-7-4-6-13-16(14)20-26-19-13/h4,6-7H,5,8-12H2,1-3H3,(H,18,23). The molecule has 0 aliphatic carbocycles. The summed E-state index contributed by atoms with van der Waals surface area (Å²) in [6, 6.07) is 5.03. The van der Waals surface area contributed by atoms with E-state index in [2.05, 4.69) is 14.1 Å². The SMILES string of the molecule is CC(C)(C)NC(=O)CN1CCCN(S(=O)(=O)c2cccc3nsnc23)CC1. The van der Waals surface area contributed by atoms with Crippen molar-refractivity contribution in [2.24, 2.45) is 0 Å². The second-order valence-corrected chi connectivity index (χ2v) is 10.2. The van der Waals surface area contributed by atoms with Gasteiger partial charge in [-0.25, -0.2) is 8.42 Å². The van der Waals surface area contributed by atoms with E-state index in [-0.39, 0.29) is 22.9 Å². The van der Waals surface area contributed by atoms with Gasteiger partial charge in [-0.2, -0.15) is 13.1 Å². The number of fused-ring (bicyclic) bond motifs is 1. The average molecular weight is 412 g/mol. The quantitative estimate of drug-likeness (QED) is 0.815. The first-order valence-corrected chi connectivity index (χ1v) is 11.1. The van der Waals surface area contributed by atoms with Crippen LogP contribution in [0.5, 0.6) is 0 Å². The Balaban J connectivity index is 1.70. The molecule has 1 saturated heterocycles. The number of benzene rings is 1. The fraction of sp³-hybridized carbons (Fsp3) is 0.588. The van der Waals surface area contributed by atoms with E-state index in [9.17, 15) is 13.2 Å². The number of nitrogens with one attached hydrogen (secondary N) is 1. The number of nitrogens with zero attached hydrogens (tertiary/aromatic N) is 4. The molecule has 8 nitrogen and oxygen atoms in total. The summed E-state index contributed by atoms with van der Waals surface area (Å²) in [6.45, 7) is 8.07. The minimum atomic E-state index is -3.65. The van der Waals surface area contributed by atoms with Crippen molar-refractivity contribution < 1.29 is 13.2 Å². The molecule has 1 aromatic carbocycles. The molecule has 2 aromatic rings. The molecule has 1 aliphatic rings. The summed E-state index contributed by atoms with van der Waals surface area (Å²) in [7, 11) is -3.65. The molecule has 2 heterocycles. The maximum absolute atomic E-state index is 13.1. The van der Waals surface area contributed by atoms with Crippen LogP contribution in [0.2, 0.25) is 0 Å². The molecule has 0 saturated carbocycles. The van der Waals surface area contributed by atoms with Gasteiger partial charge in [-0.15, -0.1) is 0 Å². The minimum absolute atomic E-state index is 0.0443. The van der Waals surface area contributed by atoms with Gasteiger partial charge in [-0.1, -0.05) is 6.07 Å². The zero-order valence-electron chi connectivity index (χ0n) is 15.8. The van der Waals surface area contributed by atoms with Crippen molar-refractivity contribution in [1.82, 2.24) is 23.3 Å². The van der Waals surface area contributed by atoms with Crippen molar-refractivity contribution in [3.63, 3.8) is 0 Å². The molecule has 0 bridgehead atoms. The second kappa shape index (κ2) is 7.78. The number of carbonyl (C=O) groups excluding carboxylic acids is 1. The Bertz CT molecular complexity index is 920. The molecule has 1 amide bonds. The molecule has 3 rings (SSSR count). The molecule has 27 heavy (non-hydrogen) atoms. The Morgan fingerprint density at radius 1 is 1.19 bits per heavy atom. The van der Waals surface area contributed by atoms with E-state index in [0.29, 0.717) is 43.6 Å². The first kappa shape index (κ1) is 20.1. The number of carbonyl (C=O) groups is 1. The topological polar surface area (TPSA) is 95.5 Å². The van der Waals surface area contributed by atoms with Crippen LogP contribution in [-0.4, -0.2) is 70.5 Å². The summed E-state index contributed by atoms with van der Waals surface area (Å²) in [5.41, 5.74) is 0.739. The first-order chi connectivity index (χ1) is 12.7. The summed E-state index contributed by atoms with van der Waals surface area (Å²) in [5, 5.41) is 2.94. The van der Waals surface area contributed by atoms with Crippen molar-refractivity contribution in [1.29, 1.82) is 0 Å². The van der Waals surface area contributed by atoms with Crippen LogP contribution in [0.15, 0.2) is 23.1 Å². The predicted molar refractivity (Wildman–Crippen MR) is 105 cm³/mol. The number of sulfonamides is 1. The molecule has 10 heteroatoms. The van der Waals surface area contributed by atoms with Crippen molar-refractivity contribution >= 4 is 38.7 Å². The molecule has 0 atom stereocenters. The van der Waals surface area contributed by atoms with Crippen LogP contribution in [-0.2, 0) is 14.8 Å². The minimum Gasteiger partial charge on any atom is -0.350 e. The molecule has 0 spiro atoms. The zero-order valence-corrected chi connectivity index (χ0v) is 17.4. The monoisotopic (exact) mass is 411 g/mol. The Labute approximate surface area is 163 Å². The van der Waals surface area contributed by atoms with Gasteiger partial charge in [0.05, 0.1) is 18.3 Å². The molecule has 148 valence electrons. The summed E-state index contributed by atoms with van der Waals surface area (Å²) in [5.74, 6) is -0.0443. The van der Waals surface area contributed by atoms with Crippen molar-refractivity contribution in [2.45, 2.75) is 37.6 Å². The van der Waals surface area contributed by atoms with Gasteiger partial charge in [0.1, 0.15) is 15.9 Å². The number of rotatable bonds is 4. The van der Waals surface area contributed by atoms with E-state index < -0.39 is 10.0 Å². The van der Waals surface area contributed by atoms with E-state index >= 15 is 0 Å². The van der Waals surface area contributed by atoms with Crippen LogP contribution in [0.3, 0.4) is 0 Å². The van der Waals surface area contributed by atoms with Gasteiger partial charge < -0.3 is 5.32 Å². The maximum Gasteiger partial charge on any atom is 0.245 e. The summed E-state index contributed by atoms with van der Waals surface area (Å²) in [6.07, 6.45) is 0.674. The summed E-state index contributed by atoms with van der Waals surface area (Å²) < 4.78 is 36.0. The number of aromatic nitrogens is 2. The molecular weight excluding hydrogens is 386 g/mol. The maximum atomic E-state index is 13.1. The first-order valence-electron chi connectivity index (χ1n) is 8.92. The molecule has 1 N–H and O–H groups in total. The normalized spacial score (nSPS) is 17.7. The third kappa shape index (κ3) is 4.81. The van der Waals surface area contributed by atoms with Crippen molar-refractivity contribution in [2.75, 3.05) is 32.7 Å². The van der Waals surface area contributed by atoms with Gasteiger partial charge in [-0.3, -0.25) is 9.69 Å². The van der Waals surface area contributed by atoms with Crippen LogP contribution in [0.25, 0.3) is 11.0 Å². The van der Waals surface area contributed by atoms with Gasteiger partial charge >= 0.3 is 0 Å². The lowest BCUT2D eigenvalue weighted by molar-refractivity contribution is -0.123. The molecule has 1 aromatic heterocycles. The third-order valence-corrected chi connectivity index (χ3v) is 6.77. The highest BCUT2D eigenvalue weighted by Crippen LogP contribution is 2.25. The van der Waals surface area contributed by atoms with Gasteiger partial charge in [0.25, 0.3) is 0 Å². The average Bonchev–Trinajstić information content (AvgIpc) is 2.92. The van der Waals surface area contributed by atoms with Gasteiger partial charge in [0.15, 0.2) is 0 Å². The van der Waals surface area contributed by atoms with E-state index in [0.717, 1.165) is 11.7 Å². The lowest BCUT2D eigenvalue weighted by atomic mass is 10.1. The zero-order chi connectivity index (χ0) is 19.7. The largest absolute Gasteiger partial charge is 0.350 e. The highest BCUT2D eigenvalue weighted by molar-refractivity contribution is 7.89. The van der Waals surface area contributed by atoms with Crippen molar-refractivity contribution in [3.05, 3.63) is 18.2 Å². The smallest absolute Gasteiger partial charge is 0.245 e. The van der Waals surface area contributed by atoms with Crippen LogP contribution >= 0.6 is 11.7 Å². The third-order valence-electron chi connectivity index (χ3n) is 4.30. The summed E-state index contributed by atoms with van der Waals surface area (Å²) >= 11 is 1.01. The number of hydrogen-bond acceptors (Lipinski definition) is 7. The Morgan fingerprint density at radius 2 is 1.96 bits per heavy atom. The van der Waals surface area contributed by atoms with Crippen molar-refractivity contribution in [3.8, 4) is 0 Å². The predicted octanol–water partition coefficient (Wildman–Crippen LogP) is 1.30. The Kier molecular flexibility index (Phi) is 5.80. The van der Waals surface area contributed by atoms with Crippen LogP contribution in [0.4, 0.5) is 0 Å². The highest BCUT2D eigenvalue weighted by Gasteiger charge is 2.30. The van der Waals surface area contributed by atoms with E-state index in [1.807, 2.05) is 25.7 Å². The Hall–Kier alpha value is -1.62. The van der Waals surface area contributed by atoms with Gasteiger partial charge in [0, 0.05) is 25.2 Å². The van der Waals surface area contributed by atoms with Gasteiger partial charge in [0.2, 0.25) is 15.9 Å². The van der Waals surface area contributed by atoms with E-state index in [4.69, 9.17) is 0 Å². The van der Waals surface area contributed by atoms with E-state index in [1.165, 1.54) is 4.31 Å². The summed E-state index contributed by atoms with van der Waals surface area (Å²) in [4.78, 5) is 14.4. The second-order valence-electron chi connectivity index (χ2n) is 7.72. The van der Waals surface area contributed by atoms with Crippen LogP contribution in [0.1, 0.15) is 27.2 Å². The molecular formula is C17H25N5O3S2. The van der Waals surface area contributed by atoms with Crippen LogP contribution < -0.4 is 5.32 Å². The molecule has 1 fully saturated rings. The lowest BCUT2D eigenvalue weighted by Gasteiger charge is -2.25.